The van der Waals surface area contributed by atoms with Gasteiger partial charge in [-0.05, 0) is 6.92 Å². The highest BCUT2D eigenvalue weighted by Gasteiger charge is 2.29. The summed E-state index contributed by atoms with van der Waals surface area (Å²) in [5.74, 6) is 0.595. The Labute approximate surface area is 111 Å². The van der Waals surface area contributed by atoms with Gasteiger partial charge in [0.05, 0.1) is 12.4 Å². The van der Waals surface area contributed by atoms with Crippen molar-refractivity contribution in [2.45, 2.75) is 13.0 Å². The standard InChI is InChI=1S/C12H16N6O/c1-2-15-12(19)10-7-14-3-4-18(10)11-8-16-9(5-13)6-17-11/h6,8,10,14H,2-4,7H2,1H3,(H,15,19). The van der Waals surface area contributed by atoms with Crippen molar-refractivity contribution < 1.29 is 4.79 Å². The molecule has 1 saturated heterocycles. The monoisotopic (exact) mass is 260 g/mol. The topological polar surface area (TPSA) is 93.9 Å². The van der Waals surface area contributed by atoms with Gasteiger partial charge in [0.25, 0.3) is 0 Å². The number of anilines is 1. The van der Waals surface area contributed by atoms with Crippen LogP contribution >= 0.6 is 0 Å². The summed E-state index contributed by atoms with van der Waals surface area (Å²) in [6, 6.07) is 1.63. The molecule has 2 rings (SSSR count). The Bertz CT molecular complexity index is 480. The molecule has 1 fully saturated rings. The van der Waals surface area contributed by atoms with Crippen LogP contribution in [0.15, 0.2) is 12.4 Å². The predicted octanol–water partition coefficient (Wildman–Crippen LogP) is -0.737. The molecule has 1 aromatic rings. The first-order valence-electron chi connectivity index (χ1n) is 6.23. The average Bonchev–Trinajstić information content (AvgIpc) is 2.47. The van der Waals surface area contributed by atoms with Gasteiger partial charge < -0.3 is 15.5 Å². The number of rotatable bonds is 3. The zero-order valence-electron chi connectivity index (χ0n) is 10.8. The second-order valence-corrected chi connectivity index (χ2v) is 4.18. The number of carbonyl (C=O) groups is 1. The van der Waals surface area contributed by atoms with Gasteiger partial charge in [0.2, 0.25) is 5.91 Å². The van der Waals surface area contributed by atoms with E-state index in [0.717, 1.165) is 6.54 Å². The summed E-state index contributed by atoms with van der Waals surface area (Å²) >= 11 is 0. The molecule has 7 heteroatoms. The number of nitrogens with zero attached hydrogens (tertiary/aromatic N) is 4. The Morgan fingerprint density at radius 1 is 1.63 bits per heavy atom. The van der Waals surface area contributed by atoms with Gasteiger partial charge in [-0.1, -0.05) is 0 Å². The van der Waals surface area contributed by atoms with Gasteiger partial charge in [-0.3, -0.25) is 4.79 Å². The fraction of sp³-hybridized carbons (Fsp3) is 0.500. The van der Waals surface area contributed by atoms with Crippen molar-refractivity contribution in [1.29, 1.82) is 5.26 Å². The number of aromatic nitrogens is 2. The molecule has 7 nitrogen and oxygen atoms in total. The third-order valence-electron chi connectivity index (χ3n) is 2.94. The number of likely N-dealkylation sites (N-methyl/N-ethyl adjacent to an activating group) is 1. The third-order valence-corrected chi connectivity index (χ3v) is 2.94. The Morgan fingerprint density at radius 3 is 3.11 bits per heavy atom. The minimum absolute atomic E-state index is 0.0270. The van der Waals surface area contributed by atoms with Crippen LogP contribution in [0.25, 0.3) is 0 Å². The summed E-state index contributed by atoms with van der Waals surface area (Å²) in [7, 11) is 0. The van der Waals surface area contributed by atoms with Crippen LogP contribution in [0.4, 0.5) is 5.82 Å². The first-order chi connectivity index (χ1) is 9.26. The highest BCUT2D eigenvalue weighted by Crippen LogP contribution is 2.14. The third kappa shape index (κ3) is 2.98. The number of nitrogens with one attached hydrogen (secondary N) is 2. The van der Waals surface area contributed by atoms with Crippen molar-refractivity contribution in [3.05, 3.63) is 18.1 Å². The molecule has 1 aliphatic rings. The first kappa shape index (κ1) is 13.2. The zero-order valence-corrected chi connectivity index (χ0v) is 10.8. The minimum atomic E-state index is -0.295. The van der Waals surface area contributed by atoms with E-state index in [1.165, 1.54) is 12.4 Å². The Hall–Kier alpha value is -2.20. The quantitative estimate of drug-likeness (QED) is 0.743. The number of hydrogen-bond acceptors (Lipinski definition) is 6. The van der Waals surface area contributed by atoms with Crippen LogP contribution in [0.2, 0.25) is 0 Å². The fourth-order valence-corrected chi connectivity index (χ4v) is 2.03. The number of hydrogen-bond donors (Lipinski definition) is 2. The molecule has 1 unspecified atom stereocenters. The highest BCUT2D eigenvalue weighted by molar-refractivity contribution is 5.85. The maximum Gasteiger partial charge on any atom is 0.244 e. The minimum Gasteiger partial charge on any atom is -0.355 e. The van der Waals surface area contributed by atoms with E-state index in [4.69, 9.17) is 5.26 Å². The van der Waals surface area contributed by atoms with Gasteiger partial charge in [-0.25, -0.2) is 9.97 Å². The molecule has 0 radical (unpaired) electrons. The molecular weight excluding hydrogens is 244 g/mol. The first-order valence-corrected chi connectivity index (χ1v) is 6.23. The zero-order chi connectivity index (χ0) is 13.7. The summed E-state index contributed by atoms with van der Waals surface area (Å²) in [5, 5.41) is 14.7. The molecule has 19 heavy (non-hydrogen) atoms. The van der Waals surface area contributed by atoms with E-state index in [-0.39, 0.29) is 17.6 Å². The van der Waals surface area contributed by atoms with Crippen LogP contribution < -0.4 is 15.5 Å². The molecule has 2 heterocycles. The van der Waals surface area contributed by atoms with Crippen LogP contribution in [0, 0.1) is 11.3 Å². The van der Waals surface area contributed by atoms with E-state index in [0.29, 0.717) is 25.5 Å². The van der Waals surface area contributed by atoms with Crippen LogP contribution in [-0.4, -0.2) is 48.1 Å². The van der Waals surface area contributed by atoms with E-state index < -0.39 is 0 Å². The van der Waals surface area contributed by atoms with E-state index >= 15 is 0 Å². The number of nitriles is 1. The number of carbonyl (C=O) groups excluding carboxylic acids is 1. The molecule has 0 spiro atoms. The molecule has 1 aromatic heterocycles. The van der Waals surface area contributed by atoms with Crippen molar-refractivity contribution >= 4 is 11.7 Å². The second-order valence-electron chi connectivity index (χ2n) is 4.18. The molecule has 100 valence electrons. The van der Waals surface area contributed by atoms with E-state index in [2.05, 4.69) is 20.6 Å². The summed E-state index contributed by atoms with van der Waals surface area (Å²) in [6.45, 7) is 4.54. The van der Waals surface area contributed by atoms with Crippen LogP contribution in [-0.2, 0) is 4.79 Å². The summed E-state index contributed by atoms with van der Waals surface area (Å²) in [6.07, 6.45) is 2.96. The maximum absolute atomic E-state index is 12.0. The van der Waals surface area contributed by atoms with Crippen LogP contribution in [0.5, 0.6) is 0 Å². The lowest BCUT2D eigenvalue weighted by atomic mass is 10.1. The second kappa shape index (κ2) is 6.11. The lowest BCUT2D eigenvalue weighted by Crippen LogP contribution is -2.58. The number of piperazine rings is 1. The smallest absolute Gasteiger partial charge is 0.244 e. The van der Waals surface area contributed by atoms with E-state index in [9.17, 15) is 4.79 Å². The number of amides is 1. The molecular formula is C12H16N6O. The largest absolute Gasteiger partial charge is 0.355 e. The van der Waals surface area contributed by atoms with Gasteiger partial charge in [-0.15, -0.1) is 0 Å². The molecule has 0 saturated carbocycles. The van der Waals surface area contributed by atoms with Crippen LogP contribution in [0.1, 0.15) is 12.6 Å². The molecule has 0 aromatic carbocycles. The van der Waals surface area contributed by atoms with Crippen molar-refractivity contribution in [1.82, 2.24) is 20.6 Å². The Kier molecular flexibility index (Phi) is 4.26. The van der Waals surface area contributed by atoms with E-state index in [1.54, 1.807) is 0 Å². The molecule has 1 amide bonds. The van der Waals surface area contributed by atoms with Gasteiger partial charge in [-0.2, -0.15) is 5.26 Å². The lowest BCUT2D eigenvalue weighted by Gasteiger charge is -2.35. The predicted molar refractivity (Wildman–Crippen MR) is 69.4 cm³/mol. The average molecular weight is 260 g/mol. The highest BCUT2D eigenvalue weighted by atomic mass is 16.2. The van der Waals surface area contributed by atoms with Crippen molar-refractivity contribution in [2.24, 2.45) is 0 Å². The molecule has 0 bridgehead atoms. The van der Waals surface area contributed by atoms with Crippen molar-refractivity contribution in [3.63, 3.8) is 0 Å². The van der Waals surface area contributed by atoms with Gasteiger partial charge in [0.1, 0.15) is 17.9 Å². The molecule has 0 aliphatic carbocycles. The maximum atomic E-state index is 12.0. The Balaban J connectivity index is 2.18. The summed E-state index contributed by atoms with van der Waals surface area (Å²) in [4.78, 5) is 22.1. The molecule has 1 atom stereocenters. The molecule has 2 N–H and O–H groups in total. The van der Waals surface area contributed by atoms with Gasteiger partial charge >= 0.3 is 0 Å². The van der Waals surface area contributed by atoms with E-state index in [1.807, 2.05) is 17.9 Å². The van der Waals surface area contributed by atoms with Gasteiger partial charge in [0.15, 0.2) is 5.69 Å². The van der Waals surface area contributed by atoms with Crippen molar-refractivity contribution in [2.75, 3.05) is 31.1 Å². The SMILES string of the molecule is CCNC(=O)C1CNCCN1c1cnc(C#N)cn1. The normalized spacial score (nSPS) is 18.7. The summed E-state index contributed by atoms with van der Waals surface area (Å²) in [5.41, 5.74) is 0.272. The fourth-order valence-electron chi connectivity index (χ4n) is 2.03. The molecule has 1 aliphatic heterocycles. The van der Waals surface area contributed by atoms with Gasteiger partial charge in [0, 0.05) is 26.2 Å². The Morgan fingerprint density at radius 2 is 2.47 bits per heavy atom. The summed E-state index contributed by atoms with van der Waals surface area (Å²) < 4.78 is 0. The van der Waals surface area contributed by atoms with Crippen molar-refractivity contribution in [3.8, 4) is 6.07 Å². The van der Waals surface area contributed by atoms with Crippen LogP contribution in [0.3, 0.4) is 0 Å². The lowest BCUT2D eigenvalue weighted by molar-refractivity contribution is -0.122.